The fourth-order valence-electron chi connectivity index (χ4n) is 2.99. The standard InChI is InChI=1S/C20H17N3O/c1-13-17-10-15(8-9-19(17)22-23(13)2)18-11-16(24)12-21-20(18)14-6-4-3-5-7-14/h3-12,24H,1-2H3. The van der Waals surface area contributed by atoms with E-state index in [1.54, 1.807) is 6.07 Å². The second-order valence-electron chi connectivity index (χ2n) is 5.90. The maximum Gasteiger partial charge on any atom is 0.134 e. The third-order valence-corrected chi connectivity index (χ3v) is 4.36. The number of nitrogens with zero attached hydrogens (tertiary/aromatic N) is 3. The molecule has 1 N–H and O–H groups in total. The van der Waals surface area contributed by atoms with Crippen molar-refractivity contribution in [2.24, 2.45) is 7.05 Å². The fourth-order valence-corrected chi connectivity index (χ4v) is 2.99. The van der Waals surface area contributed by atoms with E-state index in [2.05, 4.69) is 23.1 Å². The number of aromatic nitrogens is 3. The lowest BCUT2D eigenvalue weighted by molar-refractivity contribution is 0.473. The highest BCUT2D eigenvalue weighted by Gasteiger charge is 2.12. The van der Waals surface area contributed by atoms with E-state index < -0.39 is 0 Å². The summed E-state index contributed by atoms with van der Waals surface area (Å²) in [6, 6.07) is 17.9. The number of fused-ring (bicyclic) bond motifs is 1. The quantitative estimate of drug-likeness (QED) is 0.599. The van der Waals surface area contributed by atoms with Crippen molar-refractivity contribution in [1.82, 2.24) is 14.8 Å². The SMILES string of the molecule is Cc1c2cc(-c3cc(O)cnc3-c3ccccc3)ccc2nn1C. The van der Waals surface area contributed by atoms with Crippen molar-refractivity contribution in [1.29, 1.82) is 0 Å². The van der Waals surface area contributed by atoms with E-state index in [0.29, 0.717) is 0 Å². The Morgan fingerprint density at radius 2 is 1.75 bits per heavy atom. The van der Waals surface area contributed by atoms with Crippen LogP contribution in [0, 0.1) is 6.92 Å². The average Bonchev–Trinajstić information content (AvgIpc) is 2.89. The number of aromatic hydroxyl groups is 1. The number of pyridine rings is 1. The number of hydrogen-bond donors (Lipinski definition) is 1. The zero-order valence-electron chi connectivity index (χ0n) is 13.6. The largest absolute Gasteiger partial charge is 0.506 e. The summed E-state index contributed by atoms with van der Waals surface area (Å²) in [4.78, 5) is 4.46. The third-order valence-electron chi connectivity index (χ3n) is 4.36. The highest BCUT2D eigenvalue weighted by Crippen LogP contribution is 2.34. The van der Waals surface area contributed by atoms with Crippen LogP contribution in [0.15, 0.2) is 60.8 Å². The molecule has 2 aromatic heterocycles. The van der Waals surface area contributed by atoms with Crippen molar-refractivity contribution in [2.75, 3.05) is 0 Å². The Hall–Kier alpha value is -3.14. The van der Waals surface area contributed by atoms with Crippen LogP contribution in [-0.2, 0) is 7.05 Å². The molecule has 0 amide bonds. The summed E-state index contributed by atoms with van der Waals surface area (Å²) in [6.45, 7) is 2.05. The van der Waals surface area contributed by atoms with Crippen molar-refractivity contribution < 1.29 is 5.11 Å². The van der Waals surface area contributed by atoms with Gasteiger partial charge in [-0.3, -0.25) is 9.67 Å². The Balaban J connectivity index is 1.96. The molecule has 2 aromatic carbocycles. The van der Waals surface area contributed by atoms with E-state index in [-0.39, 0.29) is 5.75 Å². The Kier molecular flexibility index (Phi) is 3.31. The van der Waals surface area contributed by atoms with Gasteiger partial charge < -0.3 is 5.11 Å². The molecule has 0 aliphatic carbocycles. The van der Waals surface area contributed by atoms with Gasteiger partial charge in [0.1, 0.15) is 5.75 Å². The first-order valence-electron chi connectivity index (χ1n) is 7.81. The molecule has 0 aliphatic heterocycles. The fraction of sp³-hybridized carbons (Fsp3) is 0.100. The van der Waals surface area contributed by atoms with Crippen LogP contribution >= 0.6 is 0 Å². The first kappa shape index (κ1) is 14.5. The molecule has 4 nitrogen and oxygen atoms in total. The van der Waals surface area contributed by atoms with Gasteiger partial charge >= 0.3 is 0 Å². The van der Waals surface area contributed by atoms with Gasteiger partial charge in [0.25, 0.3) is 0 Å². The third kappa shape index (κ3) is 2.33. The van der Waals surface area contributed by atoms with Crippen LogP contribution in [0.5, 0.6) is 5.75 Å². The molecular formula is C20H17N3O. The first-order chi connectivity index (χ1) is 11.6. The van der Waals surface area contributed by atoms with Crippen LogP contribution in [-0.4, -0.2) is 19.9 Å². The molecule has 118 valence electrons. The minimum atomic E-state index is 0.160. The molecule has 0 aliphatic rings. The van der Waals surface area contributed by atoms with E-state index in [0.717, 1.165) is 39.0 Å². The van der Waals surface area contributed by atoms with Gasteiger partial charge in [-0.25, -0.2) is 0 Å². The van der Waals surface area contributed by atoms with Gasteiger partial charge in [0.05, 0.1) is 17.4 Å². The summed E-state index contributed by atoms with van der Waals surface area (Å²) in [7, 11) is 1.94. The average molecular weight is 315 g/mol. The predicted octanol–water partition coefficient (Wildman–Crippen LogP) is 4.32. The molecule has 0 radical (unpaired) electrons. The molecule has 24 heavy (non-hydrogen) atoms. The summed E-state index contributed by atoms with van der Waals surface area (Å²) in [5.41, 5.74) is 5.88. The van der Waals surface area contributed by atoms with Crippen LogP contribution in [0.25, 0.3) is 33.3 Å². The van der Waals surface area contributed by atoms with Gasteiger partial charge in [-0.05, 0) is 30.7 Å². The van der Waals surface area contributed by atoms with E-state index in [9.17, 15) is 5.11 Å². The van der Waals surface area contributed by atoms with Crippen LogP contribution in [0.3, 0.4) is 0 Å². The van der Waals surface area contributed by atoms with Crippen molar-refractivity contribution in [2.45, 2.75) is 6.92 Å². The topological polar surface area (TPSA) is 50.9 Å². The van der Waals surface area contributed by atoms with E-state index in [1.165, 1.54) is 6.20 Å². The molecule has 0 saturated heterocycles. The molecule has 4 heteroatoms. The van der Waals surface area contributed by atoms with Crippen LogP contribution in [0.2, 0.25) is 0 Å². The summed E-state index contributed by atoms with van der Waals surface area (Å²) < 4.78 is 1.88. The number of hydrogen-bond acceptors (Lipinski definition) is 3. The number of rotatable bonds is 2. The highest BCUT2D eigenvalue weighted by atomic mass is 16.3. The van der Waals surface area contributed by atoms with Crippen LogP contribution < -0.4 is 0 Å². The predicted molar refractivity (Wildman–Crippen MR) is 95.8 cm³/mol. The Morgan fingerprint density at radius 3 is 2.54 bits per heavy atom. The zero-order valence-corrected chi connectivity index (χ0v) is 13.6. The zero-order chi connectivity index (χ0) is 16.7. The summed E-state index contributed by atoms with van der Waals surface area (Å²) >= 11 is 0. The molecular weight excluding hydrogens is 298 g/mol. The van der Waals surface area contributed by atoms with Crippen LogP contribution in [0.1, 0.15) is 5.69 Å². The summed E-state index contributed by atoms with van der Waals surface area (Å²) in [5, 5.41) is 15.5. The van der Waals surface area contributed by atoms with Gasteiger partial charge in [-0.2, -0.15) is 5.10 Å². The van der Waals surface area contributed by atoms with Crippen molar-refractivity contribution in [3.05, 3.63) is 66.5 Å². The summed E-state index contributed by atoms with van der Waals surface area (Å²) in [6.07, 6.45) is 1.49. The lowest BCUT2D eigenvalue weighted by Crippen LogP contribution is -1.91. The molecule has 0 unspecified atom stereocenters. The lowest BCUT2D eigenvalue weighted by Gasteiger charge is -2.10. The molecule has 0 spiro atoms. The monoisotopic (exact) mass is 315 g/mol. The Bertz CT molecular complexity index is 1040. The van der Waals surface area contributed by atoms with Crippen molar-refractivity contribution in [3.8, 4) is 28.1 Å². The highest BCUT2D eigenvalue weighted by molar-refractivity contribution is 5.90. The molecule has 4 rings (SSSR count). The van der Waals surface area contributed by atoms with Gasteiger partial charge in [0, 0.05) is 29.3 Å². The summed E-state index contributed by atoms with van der Waals surface area (Å²) in [5.74, 6) is 0.160. The van der Waals surface area contributed by atoms with Crippen LogP contribution in [0.4, 0.5) is 0 Å². The Labute approximate surface area is 140 Å². The van der Waals surface area contributed by atoms with Crippen molar-refractivity contribution >= 4 is 10.9 Å². The molecule has 2 heterocycles. The second kappa shape index (κ2) is 5.49. The smallest absolute Gasteiger partial charge is 0.134 e. The van der Waals surface area contributed by atoms with E-state index in [1.807, 2.05) is 54.2 Å². The first-order valence-corrected chi connectivity index (χ1v) is 7.81. The minimum Gasteiger partial charge on any atom is -0.506 e. The Morgan fingerprint density at radius 1 is 0.958 bits per heavy atom. The maximum atomic E-state index is 9.94. The second-order valence-corrected chi connectivity index (χ2v) is 5.90. The van der Waals surface area contributed by atoms with Gasteiger partial charge in [0.15, 0.2) is 0 Å². The molecule has 0 fully saturated rings. The molecule has 4 aromatic rings. The normalized spacial score (nSPS) is 11.1. The van der Waals surface area contributed by atoms with Gasteiger partial charge in [-0.15, -0.1) is 0 Å². The molecule has 0 bridgehead atoms. The number of benzene rings is 2. The van der Waals surface area contributed by atoms with E-state index >= 15 is 0 Å². The molecule has 0 atom stereocenters. The minimum absolute atomic E-state index is 0.160. The van der Waals surface area contributed by atoms with Gasteiger partial charge in [-0.1, -0.05) is 36.4 Å². The molecule has 0 saturated carbocycles. The maximum absolute atomic E-state index is 9.94. The lowest BCUT2D eigenvalue weighted by atomic mass is 9.98. The van der Waals surface area contributed by atoms with Crippen molar-refractivity contribution in [3.63, 3.8) is 0 Å². The number of aryl methyl sites for hydroxylation is 2. The van der Waals surface area contributed by atoms with Gasteiger partial charge in [0.2, 0.25) is 0 Å². The van der Waals surface area contributed by atoms with E-state index in [4.69, 9.17) is 0 Å².